The van der Waals surface area contributed by atoms with Crippen LogP contribution in [0.2, 0.25) is 0 Å². The maximum atomic E-state index is 13.9. The molecule has 0 bridgehead atoms. The predicted octanol–water partition coefficient (Wildman–Crippen LogP) is 1.90. The van der Waals surface area contributed by atoms with Crippen molar-refractivity contribution in [1.29, 1.82) is 0 Å². The first kappa shape index (κ1) is 12.9. The molecule has 1 aromatic carbocycles. The number of rotatable bonds is 3. The minimum absolute atomic E-state index is 0.00176. The molecule has 2 aliphatic rings. The van der Waals surface area contributed by atoms with E-state index in [2.05, 4.69) is 10.5 Å². The zero-order chi connectivity index (χ0) is 14.3. The highest BCUT2D eigenvalue weighted by molar-refractivity contribution is 5.98. The summed E-state index contributed by atoms with van der Waals surface area (Å²) in [6.07, 6.45) is 3.08. The summed E-state index contributed by atoms with van der Waals surface area (Å²) < 4.78 is 13.9. The summed E-state index contributed by atoms with van der Waals surface area (Å²) in [7, 11) is 0. The fraction of sp³-hybridized carbons (Fsp3) is 0.429. The van der Waals surface area contributed by atoms with Gasteiger partial charge in [0.2, 0.25) is 5.91 Å². The molecule has 0 spiro atoms. The van der Waals surface area contributed by atoms with Crippen LogP contribution in [0.5, 0.6) is 0 Å². The minimum Gasteiger partial charge on any atom is -0.409 e. The zero-order valence-electron chi connectivity index (χ0n) is 10.8. The van der Waals surface area contributed by atoms with Gasteiger partial charge in [-0.15, -0.1) is 0 Å². The molecular formula is C14H16FN3O2. The quantitative estimate of drug-likeness (QED) is 0.341. The molecule has 106 valence electrons. The molecule has 20 heavy (non-hydrogen) atoms. The van der Waals surface area contributed by atoms with E-state index in [1.54, 1.807) is 0 Å². The molecule has 0 aliphatic heterocycles. The van der Waals surface area contributed by atoms with Crippen molar-refractivity contribution in [3.05, 3.63) is 29.6 Å². The van der Waals surface area contributed by atoms with Crippen LogP contribution in [0, 0.1) is 23.6 Å². The van der Waals surface area contributed by atoms with Gasteiger partial charge in [-0.3, -0.25) is 4.79 Å². The first-order valence-electron chi connectivity index (χ1n) is 6.66. The van der Waals surface area contributed by atoms with Crippen molar-refractivity contribution in [3.8, 4) is 0 Å². The zero-order valence-corrected chi connectivity index (χ0v) is 10.8. The lowest BCUT2D eigenvalue weighted by atomic mass is 10.0. The number of benzene rings is 1. The number of anilines is 1. The molecule has 0 saturated heterocycles. The van der Waals surface area contributed by atoms with Gasteiger partial charge in [0.1, 0.15) is 5.82 Å². The van der Waals surface area contributed by atoms with E-state index >= 15 is 0 Å². The Morgan fingerprint density at radius 2 is 2.05 bits per heavy atom. The summed E-state index contributed by atoms with van der Waals surface area (Å²) in [5.74, 6) is 0.537. The summed E-state index contributed by atoms with van der Waals surface area (Å²) in [5.41, 5.74) is 5.78. The van der Waals surface area contributed by atoms with Crippen LogP contribution >= 0.6 is 0 Å². The lowest BCUT2D eigenvalue weighted by Crippen LogP contribution is -2.22. The summed E-state index contributed by atoms with van der Waals surface area (Å²) >= 11 is 0. The van der Waals surface area contributed by atoms with Crippen molar-refractivity contribution in [2.45, 2.75) is 19.3 Å². The van der Waals surface area contributed by atoms with E-state index in [1.807, 2.05) is 0 Å². The Bertz CT molecular complexity index is 578. The van der Waals surface area contributed by atoms with E-state index in [1.165, 1.54) is 18.6 Å². The van der Waals surface area contributed by atoms with Crippen LogP contribution in [0.15, 0.2) is 23.4 Å². The predicted molar refractivity (Wildman–Crippen MR) is 71.9 cm³/mol. The molecular weight excluding hydrogens is 261 g/mol. The van der Waals surface area contributed by atoms with Gasteiger partial charge in [-0.1, -0.05) is 5.16 Å². The number of amides is 1. The number of carbonyl (C=O) groups excluding carboxylic acids is 1. The van der Waals surface area contributed by atoms with Crippen LogP contribution in [0.1, 0.15) is 24.8 Å². The first-order valence-corrected chi connectivity index (χ1v) is 6.66. The van der Waals surface area contributed by atoms with Gasteiger partial charge in [0, 0.05) is 11.5 Å². The summed E-state index contributed by atoms with van der Waals surface area (Å²) in [6, 6.07) is 4.06. The molecule has 2 aliphatic carbocycles. The molecule has 2 saturated carbocycles. The van der Waals surface area contributed by atoms with Gasteiger partial charge in [0.25, 0.3) is 0 Å². The Hall–Kier alpha value is -2.11. The monoisotopic (exact) mass is 277 g/mol. The summed E-state index contributed by atoms with van der Waals surface area (Å²) in [4.78, 5) is 12.0. The van der Waals surface area contributed by atoms with E-state index in [0.29, 0.717) is 11.8 Å². The third kappa shape index (κ3) is 2.33. The number of nitrogens with one attached hydrogen (secondary N) is 1. The summed E-state index contributed by atoms with van der Waals surface area (Å²) in [5, 5.41) is 14.0. The maximum absolute atomic E-state index is 13.9. The van der Waals surface area contributed by atoms with E-state index in [9.17, 15) is 9.18 Å². The molecule has 0 radical (unpaired) electrons. The van der Waals surface area contributed by atoms with Crippen LogP contribution < -0.4 is 11.1 Å². The molecule has 2 unspecified atom stereocenters. The number of hydrogen-bond donors (Lipinski definition) is 3. The molecule has 6 heteroatoms. The summed E-state index contributed by atoms with van der Waals surface area (Å²) in [6.45, 7) is 0. The second-order valence-corrected chi connectivity index (χ2v) is 5.59. The first-order chi connectivity index (χ1) is 9.58. The molecule has 3 rings (SSSR count). The average molecular weight is 277 g/mol. The van der Waals surface area contributed by atoms with Gasteiger partial charge >= 0.3 is 0 Å². The minimum atomic E-state index is -0.592. The third-order valence-electron chi connectivity index (χ3n) is 4.24. The van der Waals surface area contributed by atoms with Gasteiger partial charge in [0.05, 0.1) is 5.69 Å². The Labute approximate surface area is 115 Å². The van der Waals surface area contributed by atoms with E-state index < -0.39 is 5.82 Å². The number of fused-ring (bicyclic) bond motifs is 1. The molecule has 5 nitrogen and oxygen atoms in total. The molecule has 4 N–H and O–H groups in total. The van der Waals surface area contributed by atoms with Crippen molar-refractivity contribution >= 4 is 17.4 Å². The molecule has 1 amide bonds. The molecule has 2 atom stereocenters. The fourth-order valence-corrected chi connectivity index (χ4v) is 3.00. The highest BCUT2D eigenvalue weighted by Gasteiger charge is 2.48. The second kappa shape index (κ2) is 4.77. The van der Waals surface area contributed by atoms with Crippen LogP contribution in [0.3, 0.4) is 0 Å². The van der Waals surface area contributed by atoms with Crippen molar-refractivity contribution < 1.29 is 14.4 Å². The van der Waals surface area contributed by atoms with Crippen LogP contribution in [-0.4, -0.2) is 17.0 Å². The standard InChI is InChI=1S/C14H16FN3O2/c15-11-6-7(13(16)18-20)1-2-12(11)17-14(19)10-4-8-3-9(8)5-10/h1-2,6,8-10,20H,3-5H2,(H2,16,18)(H,17,19). The van der Waals surface area contributed by atoms with E-state index in [4.69, 9.17) is 10.9 Å². The normalized spacial score (nSPS) is 28.1. The lowest BCUT2D eigenvalue weighted by molar-refractivity contribution is -0.120. The Morgan fingerprint density at radius 1 is 1.35 bits per heavy atom. The maximum Gasteiger partial charge on any atom is 0.227 e. The van der Waals surface area contributed by atoms with Crippen molar-refractivity contribution in [2.75, 3.05) is 5.32 Å². The van der Waals surface area contributed by atoms with E-state index in [-0.39, 0.29) is 28.9 Å². The fourth-order valence-electron chi connectivity index (χ4n) is 3.00. The van der Waals surface area contributed by atoms with Crippen LogP contribution in [-0.2, 0) is 4.79 Å². The highest BCUT2D eigenvalue weighted by atomic mass is 19.1. The largest absolute Gasteiger partial charge is 0.409 e. The number of nitrogens with two attached hydrogens (primary N) is 1. The SMILES string of the molecule is N/C(=N/O)c1ccc(NC(=O)C2CC3CC3C2)c(F)c1. The molecule has 2 fully saturated rings. The molecule has 1 aromatic rings. The second-order valence-electron chi connectivity index (χ2n) is 5.59. The number of oxime groups is 1. The lowest BCUT2D eigenvalue weighted by Gasteiger charge is -2.13. The third-order valence-corrected chi connectivity index (χ3v) is 4.24. The molecule has 0 aromatic heterocycles. The molecule has 0 heterocycles. The van der Waals surface area contributed by atoms with Gasteiger partial charge in [-0.2, -0.15) is 0 Å². The smallest absolute Gasteiger partial charge is 0.227 e. The number of halogens is 1. The van der Waals surface area contributed by atoms with Crippen molar-refractivity contribution in [3.63, 3.8) is 0 Å². The average Bonchev–Trinajstić information content (AvgIpc) is 3.06. The van der Waals surface area contributed by atoms with Gasteiger partial charge in [-0.05, 0) is 49.3 Å². The van der Waals surface area contributed by atoms with Crippen LogP contribution in [0.4, 0.5) is 10.1 Å². The number of hydrogen-bond acceptors (Lipinski definition) is 3. The topological polar surface area (TPSA) is 87.7 Å². The van der Waals surface area contributed by atoms with Crippen molar-refractivity contribution in [2.24, 2.45) is 28.6 Å². The van der Waals surface area contributed by atoms with Crippen LogP contribution in [0.25, 0.3) is 0 Å². The number of amidine groups is 1. The Kier molecular flexibility index (Phi) is 3.08. The van der Waals surface area contributed by atoms with Gasteiger partial charge in [-0.25, -0.2) is 4.39 Å². The van der Waals surface area contributed by atoms with Gasteiger partial charge < -0.3 is 16.3 Å². The Balaban J connectivity index is 1.69. The number of carbonyl (C=O) groups is 1. The highest BCUT2D eigenvalue weighted by Crippen LogP contribution is 2.54. The van der Waals surface area contributed by atoms with Gasteiger partial charge in [0.15, 0.2) is 5.84 Å². The van der Waals surface area contributed by atoms with E-state index in [0.717, 1.165) is 18.9 Å². The van der Waals surface area contributed by atoms with Crippen molar-refractivity contribution in [1.82, 2.24) is 0 Å². The number of nitrogens with zero attached hydrogens (tertiary/aromatic N) is 1. The Morgan fingerprint density at radius 3 is 2.65 bits per heavy atom.